The van der Waals surface area contributed by atoms with E-state index in [4.69, 9.17) is 4.52 Å². The van der Waals surface area contributed by atoms with Crippen LogP contribution in [0.25, 0.3) is 0 Å². The fourth-order valence-electron chi connectivity index (χ4n) is 2.65. The topological polar surface area (TPSA) is 67.9 Å². The lowest BCUT2D eigenvalue weighted by atomic mass is 9.98. The number of hydrogen-bond acceptors (Lipinski definition) is 7. The first-order valence-corrected chi connectivity index (χ1v) is 8.31. The highest BCUT2D eigenvalue weighted by atomic mass is 32.1. The molecule has 114 valence electrons. The van der Waals surface area contributed by atoms with E-state index in [9.17, 15) is 0 Å². The Bertz CT molecular complexity index is 594. The quantitative estimate of drug-likeness (QED) is 0.865. The van der Waals surface area contributed by atoms with Crippen molar-refractivity contribution in [2.24, 2.45) is 5.92 Å². The second-order valence-electron chi connectivity index (χ2n) is 6.04. The maximum absolute atomic E-state index is 5.47. The smallest absolute Gasteiger partial charge is 0.231 e. The van der Waals surface area contributed by atoms with E-state index < -0.39 is 0 Å². The van der Waals surface area contributed by atoms with Crippen LogP contribution in [0.5, 0.6) is 0 Å². The van der Waals surface area contributed by atoms with Crippen molar-refractivity contribution in [1.82, 2.24) is 20.3 Å². The zero-order chi connectivity index (χ0) is 14.8. The monoisotopic (exact) mass is 307 g/mol. The van der Waals surface area contributed by atoms with Gasteiger partial charge in [-0.2, -0.15) is 4.98 Å². The molecule has 0 saturated carbocycles. The molecule has 0 radical (unpaired) electrons. The maximum atomic E-state index is 5.47. The van der Waals surface area contributed by atoms with Crippen LogP contribution in [-0.4, -0.2) is 33.4 Å². The Balaban J connectivity index is 1.69. The summed E-state index contributed by atoms with van der Waals surface area (Å²) in [6.07, 6.45) is 3.08. The van der Waals surface area contributed by atoms with E-state index in [2.05, 4.69) is 39.1 Å². The fraction of sp³-hybridized carbons (Fsp3) is 0.714. The van der Waals surface area contributed by atoms with Gasteiger partial charge in [-0.25, -0.2) is 0 Å². The SMILES string of the molecule is Cc1nnc(N2CCC[C@@H](c3nc(CC(C)C)no3)C2)s1. The Kier molecular flexibility index (Phi) is 4.19. The molecule has 2 aromatic rings. The van der Waals surface area contributed by atoms with Gasteiger partial charge in [0.1, 0.15) is 5.01 Å². The summed E-state index contributed by atoms with van der Waals surface area (Å²) in [6.45, 7) is 8.22. The highest BCUT2D eigenvalue weighted by Crippen LogP contribution is 2.30. The third-order valence-corrected chi connectivity index (χ3v) is 4.53. The third kappa shape index (κ3) is 3.40. The van der Waals surface area contributed by atoms with Crippen LogP contribution in [-0.2, 0) is 6.42 Å². The van der Waals surface area contributed by atoms with Crippen molar-refractivity contribution in [3.05, 3.63) is 16.7 Å². The Morgan fingerprint density at radius 3 is 2.95 bits per heavy atom. The second-order valence-corrected chi connectivity index (χ2v) is 7.20. The highest BCUT2D eigenvalue weighted by Gasteiger charge is 2.27. The Hall–Kier alpha value is -1.50. The molecule has 0 aliphatic carbocycles. The van der Waals surface area contributed by atoms with Gasteiger partial charge in [-0.3, -0.25) is 0 Å². The van der Waals surface area contributed by atoms with Crippen molar-refractivity contribution in [2.75, 3.05) is 18.0 Å². The lowest BCUT2D eigenvalue weighted by Gasteiger charge is -2.30. The normalized spacial score (nSPS) is 19.4. The van der Waals surface area contributed by atoms with Crippen molar-refractivity contribution >= 4 is 16.5 Å². The largest absolute Gasteiger partial charge is 0.346 e. The minimum atomic E-state index is 0.302. The van der Waals surface area contributed by atoms with Gasteiger partial charge in [0.25, 0.3) is 0 Å². The molecule has 1 aliphatic heterocycles. The average molecular weight is 307 g/mol. The first-order valence-electron chi connectivity index (χ1n) is 7.49. The minimum absolute atomic E-state index is 0.302. The molecule has 0 unspecified atom stereocenters. The standard InChI is InChI=1S/C14H21N5OS/c1-9(2)7-12-15-13(20-18-12)11-5-4-6-19(8-11)14-17-16-10(3)21-14/h9,11H,4-8H2,1-3H3/t11-/m1/s1. The van der Waals surface area contributed by atoms with Crippen molar-refractivity contribution in [1.29, 1.82) is 0 Å². The van der Waals surface area contributed by atoms with Crippen molar-refractivity contribution in [3.63, 3.8) is 0 Å². The number of anilines is 1. The molecule has 1 aliphatic rings. The fourth-order valence-corrected chi connectivity index (χ4v) is 3.37. The van der Waals surface area contributed by atoms with Gasteiger partial charge in [-0.15, -0.1) is 10.2 Å². The number of nitrogens with zero attached hydrogens (tertiary/aromatic N) is 5. The number of hydrogen-bond donors (Lipinski definition) is 0. The first kappa shape index (κ1) is 14.4. The molecule has 6 nitrogen and oxygen atoms in total. The minimum Gasteiger partial charge on any atom is -0.346 e. The summed E-state index contributed by atoms with van der Waals surface area (Å²) < 4.78 is 5.47. The maximum Gasteiger partial charge on any atom is 0.231 e. The van der Waals surface area contributed by atoms with Gasteiger partial charge in [0, 0.05) is 19.5 Å². The zero-order valence-corrected chi connectivity index (χ0v) is 13.6. The van der Waals surface area contributed by atoms with Gasteiger partial charge in [-0.05, 0) is 25.7 Å². The Morgan fingerprint density at radius 2 is 2.24 bits per heavy atom. The van der Waals surface area contributed by atoms with Gasteiger partial charge < -0.3 is 9.42 Å². The van der Waals surface area contributed by atoms with Crippen molar-refractivity contribution < 1.29 is 4.52 Å². The number of piperidine rings is 1. The van der Waals surface area contributed by atoms with E-state index in [1.807, 2.05) is 6.92 Å². The molecule has 0 aromatic carbocycles. The van der Waals surface area contributed by atoms with E-state index in [-0.39, 0.29) is 0 Å². The molecule has 0 N–H and O–H groups in total. The van der Waals surface area contributed by atoms with Gasteiger partial charge in [0.15, 0.2) is 5.82 Å². The van der Waals surface area contributed by atoms with Crippen LogP contribution in [0.3, 0.4) is 0 Å². The molecule has 0 amide bonds. The average Bonchev–Trinajstić information content (AvgIpc) is 3.07. The summed E-state index contributed by atoms with van der Waals surface area (Å²) in [4.78, 5) is 6.85. The van der Waals surface area contributed by atoms with Crippen LogP contribution in [0.15, 0.2) is 4.52 Å². The van der Waals surface area contributed by atoms with Crippen molar-refractivity contribution in [2.45, 2.75) is 46.0 Å². The molecule has 0 spiro atoms. The van der Waals surface area contributed by atoms with Crippen LogP contribution in [0.1, 0.15) is 49.3 Å². The predicted molar refractivity (Wildman–Crippen MR) is 81.7 cm³/mol. The zero-order valence-electron chi connectivity index (χ0n) is 12.7. The summed E-state index contributed by atoms with van der Waals surface area (Å²) in [7, 11) is 0. The third-order valence-electron chi connectivity index (χ3n) is 3.63. The predicted octanol–water partition coefficient (Wildman–Crippen LogP) is 2.81. The molecule has 21 heavy (non-hydrogen) atoms. The lowest BCUT2D eigenvalue weighted by molar-refractivity contribution is 0.329. The summed E-state index contributed by atoms with van der Waals surface area (Å²) in [6, 6.07) is 0. The van der Waals surface area contributed by atoms with Crippen LogP contribution in [0.4, 0.5) is 5.13 Å². The molecule has 7 heteroatoms. The van der Waals surface area contributed by atoms with Crippen molar-refractivity contribution in [3.8, 4) is 0 Å². The highest BCUT2D eigenvalue weighted by molar-refractivity contribution is 7.15. The molecule has 3 rings (SSSR count). The van der Waals surface area contributed by atoms with Gasteiger partial charge in [0.2, 0.25) is 11.0 Å². The molecule has 1 atom stereocenters. The molecular weight excluding hydrogens is 286 g/mol. The van der Waals surface area contributed by atoms with E-state index in [0.29, 0.717) is 11.8 Å². The van der Waals surface area contributed by atoms with E-state index in [1.54, 1.807) is 11.3 Å². The van der Waals surface area contributed by atoms with Crippen LogP contribution in [0, 0.1) is 12.8 Å². The molecule has 0 bridgehead atoms. The van der Waals surface area contributed by atoms with Gasteiger partial charge in [0.05, 0.1) is 5.92 Å². The number of aromatic nitrogens is 4. The van der Waals surface area contributed by atoms with Crippen LogP contribution in [0.2, 0.25) is 0 Å². The van der Waals surface area contributed by atoms with Crippen LogP contribution < -0.4 is 4.90 Å². The van der Waals surface area contributed by atoms with E-state index in [1.165, 1.54) is 0 Å². The van der Waals surface area contributed by atoms with Gasteiger partial charge in [-0.1, -0.05) is 30.3 Å². The summed E-state index contributed by atoms with van der Waals surface area (Å²) in [5.74, 6) is 2.44. The Labute approximate surface area is 128 Å². The second kappa shape index (κ2) is 6.09. The van der Waals surface area contributed by atoms with Crippen LogP contribution >= 0.6 is 11.3 Å². The van der Waals surface area contributed by atoms with E-state index >= 15 is 0 Å². The molecular formula is C14H21N5OS. The summed E-state index contributed by atoms with van der Waals surface area (Å²) in [5, 5.41) is 14.4. The molecule has 1 saturated heterocycles. The molecule has 1 fully saturated rings. The number of aryl methyl sites for hydroxylation is 1. The Morgan fingerprint density at radius 1 is 1.38 bits per heavy atom. The summed E-state index contributed by atoms with van der Waals surface area (Å²) >= 11 is 1.64. The molecule has 3 heterocycles. The van der Waals surface area contributed by atoms with E-state index in [0.717, 1.165) is 54.2 Å². The number of rotatable bonds is 4. The van der Waals surface area contributed by atoms with Gasteiger partial charge >= 0.3 is 0 Å². The summed E-state index contributed by atoms with van der Waals surface area (Å²) in [5.41, 5.74) is 0. The first-order chi connectivity index (χ1) is 10.1. The lowest BCUT2D eigenvalue weighted by Crippen LogP contribution is -2.34. The molecule has 2 aromatic heterocycles.